The third kappa shape index (κ3) is 3.48. The molecule has 2 rings (SSSR count). The molecular formula is C15H27NO3. The molecule has 0 amide bonds. The second kappa shape index (κ2) is 6.23. The number of carbonyl (C=O) groups is 1. The van der Waals surface area contributed by atoms with E-state index >= 15 is 0 Å². The fourth-order valence-corrected chi connectivity index (χ4v) is 3.92. The highest BCUT2D eigenvalue weighted by atomic mass is 16.5. The van der Waals surface area contributed by atoms with E-state index in [0.717, 1.165) is 51.9 Å². The molecule has 0 aromatic heterocycles. The second-order valence-electron chi connectivity index (χ2n) is 6.63. The van der Waals surface area contributed by atoms with Crippen molar-refractivity contribution in [2.75, 3.05) is 33.4 Å². The first-order chi connectivity index (χ1) is 9.05. The summed E-state index contributed by atoms with van der Waals surface area (Å²) in [4.78, 5) is 14.1. The molecule has 1 heterocycles. The zero-order valence-corrected chi connectivity index (χ0v) is 12.2. The molecular weight excluding hydrogens is 242 g/mol. The lowest BCUT2D eigenvalue weighted by atomic mass is 9.69. The van der Waals surface area contributed by atoms with Crippen molar-refractivity contribution in [1.82, 2.24) is 4.90 Å². The molecule has 1 N–H and O–H groups in total. The number of hydrogen-bond acceptors (Lipinski definition) is 3. The van der Waals surface area contributed by atoms with Crippen molar-refractivity contribution < 1.29 is 14.6 Å². The van der Waals surface area contributed by atoms with Crippen molar-refractivity contribution in [3.05, 3.63) is 0 Å². The minimum absolute atomic E-state index is 0.500. The zero-order valence-electron chi connectivity index (χ0n) is 12.2. The monoisotopic (exact) mass is 269 g/mol. The van der Waals surface area contributed by atoms with E-state index in [4.69, 9.17) is 4.74 Å². The maximum Gasteiger partial charge on any atom is 0.310 e. The Morgan fingerprint density at radius 1 is 1.47 bits per heavy atom. The first-order valence-electron chi connectivity index (χ1n) is 7.50. The van der Waals surface area contributed by atoms with Crippen LogP contribution < -0.4 is 0 Å². The molecule has 3 unspecified atom stereocenters. The molecule has 2 fully saturated rings. The second-order valence-corrected chi connectivity index (χ2v) is 6.63. The maximum absolute atomic E-state index is 11.8. The number of methoxy groups -OCH3 is 1. The van der Waals surface area contributed by atoms with E-state index < -0.39 is 11.4 Å². The van der Waals surface area contributed by atoms with Crippen LogP contribution in [0.15, 0.2) is 0 Å². The van der Waals surface area contributed by atoms with Crippen molar-refractivity contribution in [2.45, 2.75) is 39.0 Å². The van der Waals surface area contributed by atoms with Crippen molar-refractivity contribution >= 4 is 5.97 Å². The lowest BCUT2D eigenvalue weighted by molar-refractivity contribution is -0.153. The molecule has 4 nitrogen and oxygen atoms in total. The summed E-state index contributed by atoms with van der Waals surface area (Å²) in [5.74, 6) is 0.535. The molecule has 1 saturated carbocycles. The van der Waals surface area contributed by atoms with Crippen LogP contribution in [-0.4, -0.2) is 49.3 Å². The van der Waals surface area contributed by atoms with Gasteiger partial charge < -0.3 is 14.7 Å². The van der Waals surface area contributed by atoms with Gasteiger partial charge in [0.05, 0.1) is 12.0 Å². The molecule has 0 aromatic rings. The Balaban J connectivity index is 1.96. The van der Waals surface area contributed by atoms with Crippen LogP contribution in [0.3, 0.4) is 0 Å². The fourth-order valence-electron chi connectivity index (χ4n) is 3.92. The smallest absolute Gasteiger partial charge is 0.310 e. The van der Waals surface area contributed by atoms with E-state index in [1.807, 2.05) is 0 Å². The molecule has 1 aliphatic heterocycles. The molecule has 19 heavy (non-hydrogen) atoms. The van der Waals surface area contributed by atoms with Crippen LogP contribution in [0.2, 0.25) is 0 Å². The van der Waals surface area contributed by atoms with Gasteiger partial charge in [0, 0.05) is 20.2 Å². The van der Waals surface area contributed by atoms with Crippen LogP contribution in [0.5, 0.6) is 0 Å². The number of aliphatic carboxylic acids is 1. The van der Waals surface area contributed by atoms with Gasteiger partial charge in [-0.05, 0) is 37.6 Å². The maximum atomic E-state index is 11.8. The third-order valence-electron chi connectivity index (χ3n) is 4.84. The highest BCUT2D eigenvalue weighted by Gasteiger charge is 2.44. The van der Waals surface area contributed by atoms with E-state index in [0.29, 0.717) is 11.8 Å². The Labute approximate surface area is 116 Å². The summed E-state index contributed by atoms with van der Waals surface area (Å²) in [7, 11) is 1.74. The van der Waals surface area contributed by atoms with Gasteiger partial charge in [0.2, 0.25) is 0 Å². The van der Waals surface area contributed by atoms with Gasteiger partial charge in [0.15, 0.2) is 0 Å². The van der Waals surface area contributed by atoms with Crippen molar-refractivity contribution in [1.29, 1.82) is 0 Å². The van der Waals surface area contributed by atoms with E-state index in [-0.39, 0.29) is 0 Å². The molecule has 3 atom stereocenters. The molecule has 0 radical (unpaired) electrons. The summed E-state index contributed by atoms with van der Waals surface area (Å²) in [6.07, 6.45) is 5.06. The number of ether oxygens (including phenoxy) is 1. The van der Waals surface area contributed by atoms with Gasteiger partial charge >= 0.3 is 5.97 Å². The van der Waals surface area contributed by atoms with Gasteiger partial charge in [-0.1, -0.05) is 19.8 Å². The van der Waals surface area contributed by atoms with Gasteiger partial charge in [-0.3, -0.25) is 4.79 Å². The first-order valence-corrected chi connectivity index (χ1v) is 7.50. The van der Waals surface area contributed by atoms with Crippen LogP contribution in [0.4, 0.5) is 0 Å². The summed E-state index contributed by atoms with van der Waals surface area (Å²) in [5, 5.41) is 9.68. The number of carboxylic acids is 1. The summed E-state index contributed by atoms with van der Waals surface area (Å²) in [5.41, 5.74) is -0.500. The van der Waals surface area contributed by atoms with E-state index in [2.05, 4.69) is 11.8 Å². The van der Waals surface area contributed by atoms with Gasteiger partial charge in [-0.2, -0.15) is 0 Å². The topological polar surface area (TPSA) is 49.8 Å². The lowest BCUT2D eigenvalue weighted by Gasteiger charge is -2.39. The highest BCUT2D eigenvalue weighted by molar-refractivity contribution is 5.75. The van der Waals surface area contributed by atoms with Gasteiger partial charge in [0.1, 0.15) is 0 Å². The van der Waals surface area contributed by atoms with E-state index in [1.54, 1.807) is 7.11 Å². The fraction of sp³-hybridized carbons (Fsp3) is 0.933. The Morgan fingerprint density at radius 2 is 2.26 bits per heavy atom. The lowest BCUT2D eigenvalue weighted by Crippen LogP contribution is -2.45. The Bertz CT molecular complexity index is 321. The summed E-state index contributed by atoms with van der Waals surface area (Å²) in [6.45, 7) is 5.74. The van der Waals surface area contributed by atoms with Crippen molar-refractivity contribution in [2.24, 2.45) is 17.3 Å². The quantitative estimate of drug-likeness (QED) is 0.831. The minimum atomic E-state index is -0.589. The zero-order chi connectivity index (χ0) is 13.9. The Morgan fingerprint density at radius 3 is 2.89 bits per heavy atom. The number of likely N-dealkylation sites (tertiary alicyclic amines) is 1. The molecule has 0 spiro atoms. The summed E-state index contributed by atoms with van der Waals surface area (Å²) >= 11 is 0. The van der Waals surface area contributed by atoms with Crippen LogP contribution in [-0.2, 0) is 9.53 Å². The molecule has 1 aliphatic carbocycles. The van der Waals surface area contributed by atoms with Crippen LogP contribution in [0, 0.1) is 17.3 Å². The normalized spacial score (nSPS) is 36.5. The number of carboxylic acid groups (broad SMARTS) is 1. The summed E-state index contributed by atoms with van der Waals surface area (Å²) in [6, 6.07) is 0. The number of rotatable bonds is 5. The minimum Gasteiger partial charge on any atom is -0.481 e. The number of hydrogen-bond donors (Lipinski definition) is 1. The average Bonchev–Trinajstić information content (AvgIpc) is 2.77. The molecule has 0 bridgehead atoms. The van der Waals surface area contributed by atoms with Gasteiger partial charge in [-0.25, -0.2) is 0 Å². The molecule has 4 heteroatoms. The van der Waals surface area contributed by atoms with E-state index in [9.17, 15) is 9.90 Å². The SMILES string of the molecule is COCC1CCN(CC2(C(=O)O)CCCC(C)C2)C1. The molecule has 2 aliphatic rings. The standard InChI is InChI=1S/C15H27NO3/c1-12-4-3-6-15(8-12,14(17)18)11-16-7-5-13(9-16)10-19-2/h12-13H,3-11H2,1-2H3,(H,17,18). The van der Waals surface area contributed by atoms with Crippen LogP contribution in [0.25, 0.3) is 0 Å². The highest BCUT2D eigenvalue weighted by Crippen LogP contribution is 2.41. The molecule has 1 saturated heterocycles. The predicted octanol–water partition coefficient (Wildman–Crippen LogP) is 2.24. The van der Waals surface area contributed by atoms with Crippen molar-refractivity contribution in [3.8, 4) is 0 Å². The van der Waals surface area contributed by atoms with Gasteiger partial charge in [0.25, 0.3) is 0 Å². The summed E-state index contributed by atoms with van der Waals surface area (Å²) < 4.78 is 5.21. The Kier molecular flexibility index (Phi) is 4.85. The van der Waals surface area contributed by atoms with Crippen LogP contribution >= 0.6 is 0 Å². The number of nitrogens with zero attached hydrogens (tertiary/aromatic N) is 1. The Hall–Kier alpha value is -0.610. The molecule has 0 aromatic carbocycles. The van der Waals surface area contributed by atoms with Crippen molar-refractivity contribution in [3.63, 3.8) is 0 Å². The van der Waals surface area contributed by atoms with E-state index in [1.165, 1.54) is 6.42 Å². The predicted molar refractivity (Wildman–Crippen MR) is 74.1 cm³/mol. The third-order valence-corrected chi connectivity index (χ3v) is 4.84. The van der Waals surface area contributed by atoms with Crippen LogP contribution in [0.1, 0.15) is 39.0 Å². The van der Waals surface area contributed by atoms with Gasteiger partial charge in [-0.15, -0.1) is 0 Å². The largest absolute Gasteiger partial charge is 0.481 e. The average molecular weight is 269 g/mol. The molecule has 110 valence electrons. The first kappa shape index (κ1) is 14.8.